The predicted molar refractivity (Wildman–Crippen MR) is 107 cm³/mol. The summed E-state index contributed by atoms with van der Waals surface area (Å²) in [7, 11) is 2.08. The van der Waals surface area contributed by atoms with Gasteiger partial charge in [0.1, 0.15) is 5.41 Å². The van der Waals surface area contributed by atoms with Crippen molar-refractivity contribution >= 4 is 5.91 Å². The van der Waals surface area contributed by atoms with E-state index in [-0.39, 0.29) is 11.8 Å². The SMILES string of the molecule is C=CC/C=C(\C=C)C(C(N)=O)(c1ccccc1)C1CCN(C)C1.CC. The Morgan fingerprint density at radius 3 is 2.40 bits per heavy atom. The average Bonchev–Trinajstić information content (AvgIpc) is 3.07. The molecule has 3 nitrogen and oxygen atoms in total. The van der Waals surface area contributed by atoms with Crippen molar-refractivity contribution in [3.63, 3.8) is 0 Å². The predicted octanol–water partition coefficient (Wildman–Crippen LogP) is 4.08. The number of nitrogens with two attached hydrogens (primary N) is 1. The summed E-state index contributed by atoms with van der Waals surface area (Å²) >= 11 is 0. The summed E-state index contributed by atoms with van der Waals surface area (Å²) in [6.45, 7) is 13.5. The third-order valence-electron chi connectivity index (χ3n) is 4.80. The molecule has 1 aromatic rings. The van der Waals surface area contributed by atoms with Crippen molar-refractivity contribution in [1.82, 2.24) is 4.90 Å². The normalized spacial score (nSPS) is 20.1. The molecule has 2 rings (SSSR count). The minimum Gasteiger partial charge on any atom is -0.369 e. The highest BCUT2D eigenvalue weighted by Crippen LogP contribution is 2.44. The van der Waals surface area contributed by atoms with Gasteiger partial charge in [-0.3, -0.25) is 4.79 Å². The molecule has 0 bridgehead atoms. The number of likely N-dealkylation sites (tertiary alicyclic amines) is 1. The van der Waals surface area contributed by atoms with E-state index in [1.54, 1.807) is 6.08 Å². The molecule has 1 aliphatic heterocycles. The fourth-order valence-electron chi connectivity index (χ4n) is 3.73. The maximum atomic E-state index is 12.8. The van der Waals surface area contributed by atoms with Crippen LogP contribution in [0.2, 0.25) is 0 Å². The molecule has 136 valence electrons. The smallest absolute Gasteiger partial charge is 0.232 e. The number of primary amides is 1. The summed E-state index contributed by atoms with van der Waals surface area (Å²) in [5.41, 5.74) is 7.00. The Morgan fingerprint density at radius 1 is 1.32 bits per heavy atom. The van der Waals surface area contributed by atoms with E-state index in [9.17, 15) is 4.79 Å². The first-order chi connectivity index (χ1) is 12.1. The molecule has 1 amide bonds. The van der Waals surface area contributed by atoms with Gasteiger partial charge in [-0.2, -0.15) is 0 Å². The van der Waals surface area contributed by atoms with Gasteiger partial charge in [-0.05, 0) is 43.5 Å². The summed E-state index contributed by atoms with van der Waals surface area (Å²) in [4.78, 5) is 15.0. The monoisotopic (exact) mass is 340 g/mol. The van der Waals surface area contributed by atoms with Crippen LogP contribution in [0.1, 0.15) is 32.3 Å². The van der Waals surface area contributed by atoms with Gasteiger partial charge in [-0.1, -0.05) is 69.0 Å². The van der Waals surface area contributed by atoms with Gasteiger partial charge in [0.15, 0.2) is 0 Å². The molecule has 0 saturated carbocycles. The van der Waals surface area contributed by atoms with Gasteiger partial charge >= 0.3 is 0 Å². The molecular formula is C22H32N2O. The zero-order chi connectivity index (χ0) is 18.9. The first-order valence-electron chi connectivity index (χ1n) is 9.05. The van der Waals surface area contributed by atoms with Crippen LogP contribution < -0.4 is 5.73 Å². The molecule has 3 heteroatoms. The Labute approximate surface area is 152 Å². The van der Waals surface area contributed by atoms with Crippen LogP contribution in [-0.4, -0.2) is 30.9 Å². The number of nitrogens with zero attached hydrogens (tertiary/aromatic N) is 1. The molecule has 1 aliphatic rings. The lowest BCUT2D eigenvalue weighted by Gasteiger charge is -2.38. The number of hydrogen-bond acceptors (Lipinski definition) is 2. The van der Waals surface area contributed by atoms with Gasteiger partial charge < -0.3 is 10.6 Å². The van der Waals surface area contributed by atoms with Crippen LogP contribution in [0.4, 0.5) is 0 Å². The van der Waals surface area contributed by atoms with E-state index in [2.05, 4.69) is 25.1 Å². The number of carbonyl (C=O) groups is 1. The topological polar surface area (TPSA) is 46.3 Å². The quantitative estimate of drug-likeness (QED) is 0.600. The van der Waals surface area contributed by atoms with E-state index in [0.29, 0.717) is 6.42 Å². The van der Waals surface area contributed by atoms with Crippen LogP contribution in [0.25, 0.3) is 0 Å². The van der Waals surface area contributed by atoms with E-state index in [1.165, 1.54) is 0 Å². The van der Waals surface area contributed by atoms with Gasteiger partial charge in [0.2, 0.25) is 5.91 Å². The second kappa shape index (κ2) is 10.00. The summed E-state index contributed by atoms with van der Waals surface area (Å²) in [5.74, 6) is -0.166. The fraction of sp³-hybridized carbons (Fsp3) is 0.409. The molecule has 0 aliphatic carbocycles. The number of carbonyl (C=O) groups excluding carboxylic acids is 1. The molecule has 1 heterocycles. The lowest BCUT2D eigenvalue weighted by molar-refractivity contribution is -0.123. The molecule has 0 aromatic heterocycles. The molecule has 1 fully saturated rings. The maximum absolute atomic E-state index is 12.8. The Kier molecular flexibility index (Phi) is 8.36. The Bertz CT molecular complexity index is 606. The molecule has 25 heavy (non-hydrogen) atoms. The van der Waals surface area contributed by atoms with Crippen LogP contribution in [0.15, 0.2) is 67.3 Å². The van der Waals surface area contributed by atoms with Gasteiger partial charge in [-0.25, -0.2) is 0 Å². The van der Waals surface area contributed by atoms with E-state index in [1.807, 2.05) is 56.3 Å². The molecule has 0 spiro atoms. The van der Waals surface area contributed by atoms with Crippen molar-refractivity contribution in [3.05, 3.63) is 72.9 Å². The molecular weight excluding hydrogens is 308 g/mol. The van der Waals surface area contributed by atoms with Crippen LogP contribution in [-0.2, 0) is 10.2 Å². The Hall–Kier alpha value is -2.13. The first-order valence-corrected chi connectivity index (χ1v) is 9.05. The minimum absolute atomic E-state index is 0.140. The molecule has 1 saturated heterocycles. The highest BCUT2D eigenvalue weighted by molar-refractivity contribution is 5.92. The van der Waals surface area contributed by atoms with E-state index < -0.39 is 5.41 Å². The summed E-state index contributed by atoms with van der Waals surface area (Å²) in [6, 6.07) is 9.86. The van der Waals surface area contributed by atoms with Crippen LogP contribution in [0.3, 0.4) is 0 Å². The van der Waals surface area contributed by atoms with Gasteiger partial charge in [0.05, 0.1) is 0 Å². The van der Waals surface area contributed by atoms with Crippen molar-refractivity contribution in [3.8, 4) is 0 Å². The second-order valence-corrected chi connectivity index (χ2v) is 6.17. The fourth-order valence-corrected chi connectivity index (χ4v) is 3.73. The average molecular weight is 341 g/mol. The Balaban J connectivity index is 0.00000151. The third kappa shape index (κ3) is 4.29. The first kappa shape index (κ1) is 20.9. The minimum atomic E-state index is -0.837. The number of benzene rings is 1. The summed E-state index contributed by atoms with van der Waals surface area (Å²) < 4.78 is 0. The standard InChI is InChI=1S/C20H26N2O.C2H6/c1-4-6-10-16(5-2)20(19(21)23,17-11-8-7-9-12-17)18-13-14-22(3)15-18;1-2/h4-5,7-12,18H,1-2,6,13-15H2,3H3,(H2,21,23);1-2H3/b16-10+;. The van der Waals surface area contributed by atoms with Crippen molar-refractivity contribution in [2.75, 3.05) is 20.1 Å². The molecule has 2 N–H and O–H groups in total. The number of allylic oxidation sites excluding steroid dienone is 3. The van der Waals surface area contributed by atoms with E-state index in [0.717, 1.165) is 30.6 Å². The number of amides is 1. The largest absolute Gasteiger partial charge is 0.369 e. The highest BCUT2D eigenvalue weighted by Gasteiger charge is 2.49. The summed E-state index contributed by atoms with van der Waals surface area (Å²) in [5, 5.41) is 0. The maximum Gasteiger partial charge on any atom is 0.232 e. The Morgan fingerprint density at radius 2 is 1.96 bits per heavy atom. The number of hydrogen-bond donors (Lipinski definition) is 1. The second-order valence-electron chi connectivity index (χ2n) is 6.17. The van der Waals surface area contributed by atoms with Gasteiger partial charge in [0.25, 0.3) is 0 Å². The van der Waals surface area contributed by atoms with Crippen LogP contribution >= 0.6 is 0 Å². The molecule has 2 atom stereocenters. The zero-order valence-electron chi connectivity index (χ0n) is 15.9. The third-order valence-corrected chi connectivity index (χ3v) is 4.80. The van der Waals surface area contributed by atoms with Crippen molar-refractivity contribution in [2.24, 2.45) is 11.7 Å². The zero-order valence-corrected chi connectivity index (χ0v) is 15.9. The van der Waals surface area contributed by atoms with Crippen molar-refractivity contribution < 1.29 is 4.79 Å². The highest BCUT2D eigenvalue weighted by atomic mass is 16.1. The molecule has 0 radical (unpaired) electrons. The van der Waals surface area contributed by atoms with Crippen LogP contribution in [0.5, 0.6) is 0 Å². The lowest BCUT2D eigenvalue weighted by atomic mass is 9.64. The lowest BCUT2D eigenvalue weighted by Crippen LogP contribution is -2.49. The molecule has 2 unspecified atom stereocenters. The van der Waals surface area contributed by atoms with E-state index in [4.69, 9.17) is 5.73 Å². The van der Waals surface area contributed by atoms with Gasteiger partial charge in [0, 0.05) is 6.54 Å². The van der Waals surface area contributed by atoms with Crippen molar-refractivity contribution in [1.29, 1.82) is 0 Å². The molecule has 1 aromatic carbocycles. The summed E-state index contributed by atoms with van der Waals surface area (Å²) in [6.07, 6.45) is 7.25. The van der Waals surface area contributed by atoms with Crippen molar-refractivity contribution in [2.45, 2.75) is 32.1 Å². The number of rotatable bonds is 7. The van der Waals surface area contributed by atoms with Crippen LogP contribution in [0, 0.1) is 5.92 Å². The van der Waals surface area contributed by atoms with Gasteiger partial charge in [-0.15, -0.1) is 6.58 Å². The van der Waals surface area contributed by atoms with E-state index >= 15 is 0 Å².